The third kappa shape index (κ3) is 4.72. The van der Waals surface area contributed by atoms with Crippen molar-refractivity contribution in [3.8, 4) is 0 Å². The van der Waals surface area contributed by atoms with E-state index < -0.39 is 17.2 Å². The molecule has 0 spiro atoms. The van der Waals surface area contributed by atoms with Crippen LogP contribution in [0.3, 0.4) is 0 Å². The molecule has 0 fully saturated rings. The molecule has 3 aromatic heterocycles. The summed E-state index contributed by atoms with van der Waals surface area (Å²) in [6.07, 6.45) is 5.19. The van der Waals surface area contributed by atoms with Crippen LogP contribution in [0.1, 0.15) is 30.1 Å². The van der Waals surface area contributed by atoms with Crippen molar-refractivity contribution in [2.45, 2.75) is 26.3 Å². The summed E-state index contributed by atoms with van der Waals surface area (Å²) in [4.78, 5) is 58.5. The van der Waals surface area contributed by atoms with E-state index in [9.17, 15) is 19.2 Å². The van der Waals surface area contributed by atoms with Gasteiger partial charge in [0.2, 0.25) is 5.91 Å². The van der Waals surface area contributed by atoms with Gasteiger partial charge in [-0.05, 0) is 24.6 Å². The summed E-state index contributed by atoms with van der Waals surface area (Å²) in [7, 11) is 0. The molecule has 0 radical (unpaired) electrons. The second-order valence-corrected chi connectivity index (χ2v) is 6.30. The van der Waals surface area contributed by atoms with E-state index >= 15 is 0 Å². The zero-order valence-corrected chi connectivity index (χ0v) is 15.8. The van der Waals surface area contributed by atoms with Crippen LogP contribution in [0.2, 0.25) is 0 Å². The lowest BCUT2D eigenvalue weighted by atomic mass is 10.2. The number of pyridine rings is 2. The number of nitrogens with one attached hydrogen (secondary N) is 3. The van der Waals surface area contributed by atoms with Crippen molar-refractivity contribution in [2.24, 2.45) is 0 Å². The quantitative estimate of drug-likeness (QED) is 0.536. The molecule has 0 saturated heterocycles. The van der Waals surface area contributed by atoms with Crippen LogP contribution in [0.4, 0.5) is 5.69 Å². The number of aryl methyl sites for hydroxylation is 1. The predicted molar refractivity (Wildman–Crippen MR) is 107 cm³/mol. The smallest absolute Gasteiger partial charge is 0.329 e. The van der Waals surface area contributed by atoms with Crippen molar-refractivity contribution in [3.63, 3.8) is 0 Å². The Morgan fingerprint density at radius 1 is 1.21 bits per heavy atom. The number of aromatic nitrogens is 4. The number of rotatable bonds is 7. The standard InChI is InChI=1S/C19H20N6O4/c1-2-9-25-16-14(18(28)24-19(25)29)10-12(11-22-16)17(27)21-8-5-15(26)23-13-3-6-20-7-4-13/h3-4,6-7,10-11H,2,5,8-9H2,1H3,(H,21,27)(H,20,23,26)(H,24,28,29). The summed E-state index contributed by atoms with van der Waals surface area (Å²) in [6, 6.07) is 4.71. The van der Waals surface area contributed by atoms with Gasteiger partial charge in [0.15, 0.2) is 0 Å². The molecule has 0 aliphatic heterocycles. The Labute approximate surface area is 165 Å². The first kappa shape index (κ1) is 19.9. The van der Waals surface area contributed by atoms with Crippen LogP contribution < -0.4 is 21.9 Å². The molecule has 0 saturated carbocycles. The van der Waals surface area contributed by atoms with E-state index in [1.807, 2.05) is 6.92 Å². The fraction of sp³-hybridized carbons (Fsp3) is 0.263. The number of H-pyrrole nitrogens is 1. The third-order valence-corrected chi connectivity index (χ3v) is 4.14. The van der Waals surface area contributed by atoms with Gasteiger partial charge < -0.3 is 10.6 Å². The predicted octanol–water partition coefficient (Wildman–Crippen LogP) is 0.648. The van der Waals surface area contributed by atoms with Crippen LogP contribution in [0.5, 0.6) is 0 Å². The Hall–Kier alpha value is -3.82. The average molecular weight is 396 g/mol. The number of fused-ring (bicyclic) bond motifs is 1. The van der Waals surface area contributed by atoms with Crippen LogP contribution in [0.15, 0.2) is 46.4 Å². The molecule has 3 rings (SSSR count). The van der Waals surface area contributed by atoms with Crippen LogP contribution in [0.25, 0.3) is 11.0 Å². The number of hydrogen-bond donors (Lipinski definition) is 3. The number of anilines is 1. The molecule has 0 aromatic carbocycles. The van der Waals surface area contributed by atoms with Crippen LogP contribution in [-0.2, 0) is 11.3 Å². The molecule has 3 aromatic rings. The maximum absolute atomic E-state index is 12.3. The maximum atomic E-state index is 12.3. The van der Waals surface area contributed by atoms with E-state index in [1.165, 1.54) is 16.8 Å². The van der Waals surface area contributed by atoms with E-state index in [1.54, 1.807) is 24.5 Å². The molecular weight excluding hydrogens is 376 g/mol. The molecule has 0 aliphatic carbocycles. The van der Waals surface area contributed by atoms with Crippen molar-refractivity contribution < 1.29 is 9.59 Å². The zero-order valence-electron chi connectivity index (χ0n) is 15.8. The molecule has 3 heterocycles. The normalized spacial score (nSPS) is 10.7. The topological polar surface area (TPSA) is 139 Å². The van der Waals surface area contributed by atoms with Gasteiger partial charge in [-0.15, -0.1) is 0 Å². The van der Waals surface area contributed by atoms with Crippen LogP contribution >= 0.6 is 0 Å². The molecule has 0 aliphatic rings. The molecule has 10 nitrogen and oxygen atoms in total. The van der Waals surface area contributed by atoms with E-state index in [0.29, 0.717) is 18.7 Å². The second-order valence-electron chi connectivity index (χ2n) is 6.30. The maximum Gasteiger partial charge on any atom is 0.329 e. The highest BCUT2D eigenvalue weighted by molar-refractivity contribution is 5.97. The van der Waals surface area contributed by atoms with Gasteiger partial charge in [-0.2, -0.15) is 0 Å². The summed E-state index contributed by atoms with van der Waals surface area (Å²) >= 11 is 0. The highest BCUT2D eigenvalue weighted by atomic mass is 16.2. The van der Waals surface area contributed by atoms with Crippen molar-refractivity contribution in [3.05, 3.63) is 63.2 Å². The van der Waals surface area contributed by atoms with Crippen molar-refractivity contribution in [1.29, 1.82) is 0 Å². The fourth-order valence-electron chi connectivity index (χ4n) is 2.77. The van der Waals surface area contributed by atoms with Crippen molar-refractivity contribution >= 4 is 28.5 Å². The number of carbonyl (C=O) groups excluding carboxylic acids is 2. The number of aromatic amines is 1. The molecular formula is C19H20N6O4. The zero-order chi connectivity index (χ0) is 20.8. The van der Waals surface area contributed by atoms with Gasteiger partial charge in [0, 0.05) is 43.8 Å². The molecule has 0 unspecified atom stereocenters. The average Bonchev–Trinajstić information content (AvgIpc) is 2.71. The molecule has 10 heteroatoms. The van der Waals surface area contributed by atoms with Gasteiger partial charge in [-0.1, -0.05) is 6.92 Å². The van der Waals surface area contributed by atoms with Gasteiger partial charge in [-0.3, -0.25) is 28.9 Å². The first-order valence-electron chi connectivity index (χ1n) is 9.10. The summed E-state index contributed by atoms with van der Waals surface area (Å²) in [5.41, 5.74) is -0.119. The third-order valence-electron chi connectivity index (χ3n) is 4.14. The van der Waals surface area contributed by atoms with E-state index in [0.717, 1.165) is 0 Å². The lowest BCUT2D eigenvalue weighted by Crippen LogP contribution is -2.32. The summed E-state index contributed by atoms with van der Waals surface area (Å²) in [5.74, 6) is -0.725. The minimum Gasteiger partial charge on any atom is -0.351 e. The largest absolute Gasteiger partial charge is 0.351 e. The lowest BCUT2D eigenvalue weighted by Gasteiger charge is -2.09. The van der Waals surface area contributed by atoms with Crippen LogP contribution in [-0.4, -0.2) is 37.9 Å². The van der Waals surface area contributed by atoms with Crippen molar-refractivity contribution in [1.82, 2.24) is 24.8 Å². The Bertz CT molecular complexity index is 1150. The number of carbonyl (C=O) groups is 2. The first-order valence-corrected chi connectivity index (χ1v) is 9.10. The molecule has 3 N–H and O–H groups in total. The monoisotopic (exact) mass is 396 g/mol. The summed E-state index contributed by atoms with van der Waals surface area (Å²) < 4.78 is 1.36. The number of nitrogens with zero attached hydrogens (tertiary/aromatic N) is 3. The molecule has 2 amide bonds. The molecule has 150 valence electrons. The van der Waals surface area contributed by atoms with Crippen LogP contribution in [0, 0.1) is 0 Å². The van der Waals surface area contributed by atoms with Gasteiger partial charge >= 0.3 is 5.69 Å². The molecule has 0 atom stereocenters. The number of hydrogen-bond acceptors (Lipinski definition) is 6. The van der Waals surface area contributed by atoms with Crippen molar-refractivity contribution in [2.75, 3.05) is 11.9 Å². The SMILES string of the molecule is CCCn1c(=O)[nH]c(=O)c2cc(C(=O)NCCC(=O)Nc3ccncc3)cnc21. The van der Waals surface area contributed by atoms with Gasteiger partial charge in [-0.25, -0.2) is 9.78 Å². The van der Waals surface area contributed by atoms with E-state index in [-0.39, 0.29) is 35.5 Å². The Morgan fingerprint density at radius 3 is 2.69 bits per heavy atom. The Kier molecular flexibility index (Phi) is 6.12. The highest BCUT2D eigenvalue weighted by Crippen LogP contribution is 2.08. The van der Waals surface area contributed by atoms with Gasteiger partial charge in [0.05, 0.1) is 10.9 Å². The molecule has 0 bridgehead atoms. The van der Waals surface area contributed by atoms with E-state index in [2.05, 4.69) is 25.6 Å². The van der Waals surface area contributed by atoms with Gasteiger partial charge in [0.25, 0.3) is 11.5 Å². The number of amides is 2. The molecule has 29 heavy (non-hydrogen) atoms. The minimum absolute atomic E-state index is 0.0751. The Morgan fingerprint density at radius 2 is 1.97 bits per heavy atom. The lowest BCUT2D eigenvalue weighted by molar-refractivity contribution is -0.116. The van der Waals surface area contributed by atoms with E-state index in [4.69, 9.17) is 0 Å². The highest BCUT2D eigenvalue weighted by Gasteiger charge is 2.13. The van der Waals surface area contributed by atoms with Gasteiger partial charge in [0.1, 0.15) is 5.65 Å². The summed E-state index contributed by atoms with van der Waals surface area (Å²) in [5, 5.41) is 5.46. The Balaban J connectivity index is 1.67. The minimum atomic E-state index is -0.601. The first-order chi connectivity index (χ1) is 14.0. The second kappa shape index (κ2) is 8.91. The fourth-order valence-corrected chi connectivity index (χ4v) is 2.77. The summed E-state index contributed by atoms with van der Waals surface area (Å²) in [6.45, 7) is 2.41.